The van der Waals surface area contributed by atoms with E-state index in [2.05, 4.69) is 0 Å². The molecule has 1 aromatic carbocycles. The van der Waals surface area contributed by atoms with Gasteiger partial charge in [0.15, 0.2) is 0 Å². The van der Waals surface area contributed by atoms with Crippen LogP contribution >= 0.6 is 0 Å². The van der Waals surface area contributed by atoms with Gasteiger partial charge >= 0.3 is 5.97 Å². The topological polar surface area (TPSA) is 89.9 Å². The van der Waals surface area contributed by atoms with E-state index in [-0.39, 0.29) is 17.1 Å². The van der Waals surface area contributed by atoms with Crippen LogP contribution in [0.1, 0.15) is 50.9 Å². The average molecular weight is 308 g/mol. The van der Waals surface area contributed by atoms with Crippen LogP contribution in [0.5, 0.6) is 11.5 Å². The number of aromatic hydroxyl groups is 2. The summed E-state index contributed by atoms with van der Waals surface area (Å²) >= 11 is 0. The minimum absolute atomic E-state index is 0.00188. The number of hydroxylamine groups is 2. The number of carbonyl (C=O) groups excluding carboxylic acids is 1. The van der Waals surface area contributed by atoms with Crippen molar-refractivity contribution in [1.82, 2.24) is 5.06 Å². The van der Waals surface area contributed by atoms with E-state index in [9.17, 15) is 20.2 Å². The van der Waals surface area contributed by atoms with Gasteiger partial charge in [0, 0.05) is 30.0 Å². The fraction of sp³-hybridized carbons (Fsp3) is 0.562. The zero-order valence-corrected chi connectivity index (χ0v) is 13.3. The summed E-state index contributed by atoms with van der Waals surface area (Å²) in [7, 11) is 0. The maximum atomic E-state index is 12.3. The summed E-state index contributed by atoms with van der Waals surface area (Å²) in [5.74, 6) is -1.12. The Morgan fingerprint density at radius 2 is 1.73 bits per heavy atom. The first-order valence-electron chi connectivity index (χ1n) is 7.23. The number of phenolic OH excluding ortho intramolecular Hbond substituents is 2. The lowest BCUT2D eigenvalue weighted by Crippen LogP contribution is -2.60. The van der Waals surface area contributed by atoms with E-state index in [0.29, 0.717) is 12.8 Å². The normalized spacial score (nSPS) is 21.5. The predicted molar refractivity (Wildman–Crippen MR) is 78.9 cm³/mol. The molecule has 1 heterocycles. The number of benzene rings is 1. The van der Waals surface area contributed by atoms with Crippen molar-refractivity contribution in [2.75, 3.05) is 0 Å². The van der Waals surface area contributed by atoms with Gasteiger partial charge in [0.05, 0.1) is 0 Å². The highest BCUT2D eigenvalue weighted by molar-refractivity contribution is 5.92. The van der Waals surface area contributed by atoms with Crippen LogP contribution in [-0.2, 0) is 9.94 Å². The van der Waals surface area contributed by atoms with Crippen molar-refractivity contribution in [3.8, 4) is 11.5 Å². The number of piperidine rings is 1. The summed E-state index contributed by atoms with van der Waals surface area (Å²) in [6.07, 6.45) is 0.436. The van der Waals surface area contributed by atoms with E-state index in [1.165, 1.54) is 12.1 Å². The summed E-state index contributed by atoms with van der Waals surface area (Å²) in [5, 5.41) is 32.3. The molecule has 1 fully saturated rings. The Hall–Kier alpha value is -1.79. The fourth-order valence-corrected chi connectivity index (χ4v) is 3.16. The molecule has 1 aromatic rings. The number of nitrogens with zero attached hydrogens (tertiary/aromatic N) is 1. The molecule has 1 radical (unpaired) electrons. The van der Waals surface area contributed by atoms with Crippen LogP contribution in [0.25, 0.3) is 0 Å². The highest BCUT2D eigenvalue weighted by Gasteiger charge is 2.47. The molecule has 121 valence electrons. The molecule has 6 heteroatoms. The van der Waals surface area contributed by atoms with E-state index in [1.807, 2.05) is 27.7 Å². The second-order valence-electron chi connectivity index (χ2n) is 7.06. The van der Waals surface area contributed by atoms with Crippen LogP contribution < -0.4 is 0 Å². The van der Waals surface area contributed by atoms with Crippen molar-refractivity contribution < 1.29 is 25.0 Å². The third-order valence-electron chi connectivity index (χ3n) is 4.03. The first kappa shape index (κ1) is 16.6. The van der Waals surface area contributed by atoms with Gasteiger partial charge in [0.2, 0.25) is 0 Å². The zero-order valence-electron chi connectivity index (χ0n) is 13.3. The van der Waals surface area contributed by atoms with E-state index in [0.717, 1.165) is 11.1 Å². The second kappa shape index (κ2) is 5.44. The fourth-order valence-electron chi connectivity index (χ4n) is 3.16. The van der Waals surface area contributed by atoms with Gasteiger partial charge in [0.1, 0.15) is 23.2 Å². The van der Waals surface area contributed by atoms with Crippen LogP contribution in [0, 0.1) is 0 Å². The molecule has 22 heavy (non-hydrogen) atoms. The molecule has 1 saturated heterocycles. The monoisotopic (exact) mass is 308 g/mol. The number of carbonyl (C=O) groups is 1. The van der Waals surface area contributed by atoms with E-state index in [1.54, 1.807) is 0 Å². The maximum Gasteiger partial charge on any atom is 0.342 e. The predicted octanol–water partition coefficient (Wildman–Crippen LogP) is 2.62. The molecule has 0 bridgehead atoms. The quantitative estimate of drug-likeness (QED) is 0.820. The zero-order chi connectivity index (χ0) is 16.7. The van der Waals surface area contributed by atoms with Gasteiger partial charge in [-0.1, -0.05) is 0 Å². The van der Waals surface area contributed by atoms with Crippen molar-refractivity contribution in [2.24, 2.45) is 0 Å². The van der Waals surface area contributed by atoms with Gasteiger partial charge in [-0.05, 0) is 39.8 Å². The molecule has 2 rings (SSSR count). The SMILES string of the molecule is CC1(C)CC(OC(=O)c2ccc(O)cc2O)CC(C)(C)N1[O]. The van der Waals surface area contributed by atoms with E-state index < -0.39 is 23.2 Å². The molecule has 0 amide bonds. The van der Waals surface area contributed by atoms with Gasteiger partial charge in [-0.15, -0.1) is 10.3 Å². The summed E-state index contributed by atoms with van der Waals surface area (Å²) < 4.78 is 5.47. The lowest BCUT2D eigenvalue weighted by atomic mass is 9.80. The van der Waals surface area contributed by atoms with Crippen molar-refractivity contribution in [1.29, 1.82) is 0 Å². The first-order valence-corrected chi connectivity index (χ1v) is 7.23. The van der Waals surface area contributed by atoms with Gasteiger partial charge < -0.3 is 14.9 Å². The maximum absolute atomic E-state index is 12.3. The number of rotatable bonds is 2. The molecular weight excluding hydrogens is 286 g/mol. The highest BCUT2D eigenvalue weighted by atomic mass is 16.5. The van der Waals surface area contributed by atoms with E-state index in [4.69, 9.17) is 4.74 Å². The number of esters is 1. The number of phenols is 2. The lowest BCUT2D eigenvalue weighted by molar-refractivity contribution is -0.298. The van der Waals surface area contributed by atoms with Crippen LogP contribution in [0.15, 0.2) is 18.2 Å². The van der Waals surface area contributed by atoms with Crippen molar-refractivity contribution in [3.63, 3.8) is 0 Å². The Labute approximate surface area is 129 Å². The van der Waals surface area contributed by atoms with Gasteiger partial charge in [-0.3, -0.25) is 0 Å². The molecule has 6 nitrogen and oxygen atoms in total. The van der Waals surface area contributed by atoms with Gasteiger partial charge in [0.25, 0.3) is 0 Å². The summed E-state index contributed by atoms with van der Waals surface area (Å²) in [6.45, 7) is 7.28. The van der Waals surface area contributed by atoms with Crippen LogP contribution in [0.2, 0.25) is 0 Å². The van der Waals surface area contributed by atoms with Crippen LogP contribution in [0.3, 0.4) is 0 Å². The minimum atomic E-state index is -0.659. The van der Waals surface area contributed by atoms with Crippen molar-refractivity contribution in [3.05, 3.63) is 23.8 Å². The molecule has 0 unspecified atom stereocenters. The summed E-state index contributed by atoms with van der Waals surface area (Å²) in [6, 6.07) is 3.71. The lowest BCUT2D eigenvalue weighted by Gasteiger charge is -2.49. The third-order valence-corrected chi connectivity index (χ3v) is 4.03. The summed E-state index contributed by atoms with van der Waals surface area (Å²) in [4.78, 5) is 12.2. The Bertz CT molecular complexity index is 564. The second-order valence-corrected chi connectivity index (χ2v) is 7.06. The average Bonchev–Trinajstić information content (AvgIpc) is 2.34. The van der Waals surface area contributed by atoms with Crippen LogP contribution in [0.4, 0.5) is 0 Å². The molecular formula is C16H22NO5. The van der Waals surface area contributed by atoms with Crippen molar-refractivity contribution >= 4 is 5.97 Å². The smallest absolute Gasteiger partial charge is 0.342 e. The largest absolute Gasteiger partial charge is 0.508 e. The molecule has 0 aliphatic carbocycles. The third kappa shape index (κ3) is 3.18. The standard InChI is InChI=1S/C16H22NO5/c1-15(2)8-11(9-16(3,4)17(15)21)22-14(20)12-6-5-10(18)7-13(12)19/h5-7,11,18-19H,8-9H2,1-4H3. The molecule has 1 aliphatic heterocycles. The first-order chi connectivity index (χ1) is 10.0. The number of hydrogen-bond donors (Lipinski definition) is 2. The molecule has 0 atom stereocenters. The highest BCUT2D eigenvalue weighted by Crippen LogP contribution is 2.38. The number of hydrogen-bond acceptors (Lipinski definition) is 5. The van der Waals surface area contributed by atoms with Gasteiger partial charge in [-0.25, -0.2) is 4.79 Å². The molecule has 0 aromatic heterocycles. The van der Waals surface area contributed by atoms with E-state index >= 15 is 0 Å². The van der Waals surface area contributed by atoms with Crippen molar-refractivity contribution in [2.45, 2.75) is 57.7 Å². The minimum Gasteiger partial charge on any atom is -0.508 e. The molecule has 0 spiro atoms. The Morgan fingerprint density at radius 3 is 2.23 bits per heavy atom. The Morgan fingerprint density at radius 1 is 1.18 bits per heavy atom. The Kier molecular flexibility index (Phi) is 4.10. The van der Waals surface area contributed by atoms with Gasteiger partial charge in [-0.2, -0.15) is 0 Å². The Balaban J connectivity index is 2.15. The molecule has 2 N–H and O–H groups in total. The summed E-state index contributed by atoms with van der Waals surface area (Å²) in [5.41, 5.74) is -1.27. The van der Waals surface area contributed by atoms with Crippen LogP contribution in [-0.4, -0.2) is 38.4 Å². The number of ether oxygens (including phenoxy) is 1. The molecule has 0 saturated carbocycles. The molecule has 1 aliphatic rings.